The Morgan fingerprint density at radius 2 is 1.84 bits per heavy atom. The van der Waals surface area contributed by atoms with Crippen molar-refractivity contribution in [3.05, 3.63) is 35.6 Å². The first-order valence-corrected chi connectivity index (χ1v) is 7.38. The lowest BCUT2D eigenvalue weighted by atomic mass is 9.96. The van der Waals surface area contributed by atoms with Gasteiger partial charge in [-0.3, -0.25) is 0 Å². The van der Waals surface area contributed by atoms with E-state index in [9.17, 15) is 4.39 Å². The van der Waals surface area contributed by atoms with Gasteiger partial charge in [-0.15, -0.1) is 0 Å². The molecule has 1 unspecified atom stereocenters. The van der Waals surface area contributed by atoms with Gasteiger partial charge in [-0.1, -0.05) is 31.4 Å². The van der Waals surface area contributed by atoms with Crippen LogP contribution in [0.5, 0.6) is 0 Å². The van der Waals surface area contributed by atoms with Crippen LogP contribution in [0.3, 0.4) is 0 Å². The highest BCUT2D eigenvalue weighted by molar-refractivity contribution is 7.80. The average molecular weight is 280 g/mol. The van der Waals surface area contributed by atoms with Crippen LogP contribution in [0.15, 0.2) is 24.3 Å². The molecule has 0 aliphatic heterocycles. The zero-order valence-electron chi connectivity index (χ0n) is 11.3. The van der Waals surface area contributed by atoms with E-state index in [1.807, 2.05) is 6.92 Å². The fraction of sp³-hybridized carbons (Fsp3) is 0.533. The lowest BCUT2D eigenvalue weighted by molar-refractivity contribution is 0.411. The molecule has 0 spiro atoms. The molecule has 1 atom stereocenters. The van der Waals surface area contributed by atoms with Gasteiger partial charge in [-0.05, 0) is 49.7 Å². The van der Waals surface area contributed by atoms with E-state index in [1.165, 1.54) is 44.2 Å². The van der Waals surface area contributed by atoms with Crippen LogP contribution in [0.2, 0.25) is 0 Å². The zero-order chi connectivity index (χ0) is 13.7. The van der Waals surface area contributed by atoms with Crippen LogP contribution in [0.25, 0.3) is 0 Å². The lowest BCUT2D eigenvalue weighted by Crippen LogP contribution is -2.43. The van der Waals surface area contributed by atoms with Crippen molar-refractivity contribution in [1.82, 2.24) is 10.6 Å². The summed E-state index contributed by atoms with van der Waals surface area (Å²) in [5.74, 6) is -0.209. The van der Waals surface area contributed by atoms with Gasteiger partial charge in [-0.2, -0.15) is 0 Å². The second-order valence-electron chi connectivity index (χ2n) is 5.23. The Bertz CT molecular complexity index is 413. The molecule has 4 heteroatoms. The van der Waals surface area contributed by atoms with Crippen LogP contribution >= 0.6 is 12.2 Å². The summed E-state index contributed by atoms with van der Waals surface area (Å²) in [6, 6.07) is 7.13. The molecule has 0 aromatic heterocycles. The highest BCUT2D eigenvalue weighted by Crippen LogP contribution is 2.18. The summed E-state index contributed by atoms with van der Waals surface area (Å²) in [4.78, 5) is 0. The summed E-state index contributed by atoms with van der Waals surface area (Å²) in [5, 5.41) is 7.34. The standard InChI is InChI=1S/C15H21FN2S/c1-11(12-7-9-13(16)10-8-12)17-15(19)18-14-5-3-2-4-6-14/h7-11,14H,2-6H2,1H3,(H2,17,18,19). The van der Waals surface area contributed by atoms with Crippen LogP contribution in [-0.4, -0.2) is 11.2 Å². The Morgan fingerprint density at radius 1 is 1.21 bits per heavy atom. The van der Waals surface area contributed by atoms with Gasteiger partial charge in [0, 0.05) is 6.04 Å². The van der Waals surface area contributed by atoms with Crippen molar-refractivity contribution in [3.63, 3.8) is 0 Å². The fourth-order valence-corrected chi connectivity index (χ4v) is 2.85. The molecule has 1 aromatic carbocycles. The summed E-state index contributed by atoms with van der Waals surface area (Å²) >= 11 is 5.34. The van der Waals surface area contributed by atoms with Crippen molar-refractivity contribution in [2.75, 3.05) is 0 Å². The minimum Gasteiger partial charge on any atom is -0.360 e. The van der Waals surface area contributed by atoms with Crippen LogP contribution in [0.1, 0.15) is 50.6 Å². The van der Waals surface area contributed by atoms with Crippen LogP contribution in [0.4, 0.5) is 4.39 Å². The van der Waals surface area contributed by atoms with Crippen molar-refractivity contribution in [3.8, 4) is 0 Å². The molecule has 0 amide bonds. The van der Waals surface area contributed by atoms with Gasteiger partial charge in [0.25, 0.3) is 0 Å². The van der Waals surface area contributed by atoms with E-state index < -0.39 is 0 Å². The van der Waals surface area contributed by atoms with Gasteiger partial charge in [0.1, 0.15) is 5.82 Å². The topological polar surface area (TPSA) is 24.1 Å². The molecule has 1 aliphatic carbocycles. The predicted octanol–water partition coefficient (Wildman–Crippen LogP) is 3.68. The summed E-state index contributed by atoms with van der Waals surface area (Å²) in [6.45, 7) is 2.03. The molecule has 0 bridgehead atoms. The third-order valence-electron chi connectivity index (χ3n) is 3.66. The molecule has 1 saturated carbocycles. The molecule has 104 valence electrons. The van der Waals surface area contributed by atoms with Crippen LogP contribution in [-0.2, 0) is 0 Å². The van der Waals surface area contributed by atoms with Crippen molar-refractivity contribution in [2.24, 2.45) is 0 Å². The zero-order valence-corrected chi connectivity index (χ0v) is 12.1. The maximum absolute atomic E-state index is 12.9. The van der Waals surface area contributed by atoms with Crippen LogP contribution in [0, 0.1) is 5.82 Å². The van der Waals surface area contributed by atoms with Gasteiger partial charge < -0.3 is 10.6 Å². The molecule has 1 fully saturated rings. The summed E-state index contributed by atoms with van der Waals surface area (Å²) < 4.78 is 12.9. The lowest BCUT2D eigenvalue weighted by Gasteiger charge is -2.26. The fourth-order valence-electron chi connectivity index (χ4n) is 2.51. The monoisotopic (exact) mass is 280 g/mol. The molecule has 2 rings (SSSR count). The minimum absolute atomic E-state index is 0.0872. The van der Waals surface area contributed by atoms with E-state index in [4.69, 9.17) is 12.2 Å². The molecule has 0 radical (unpaired) electrons. The second-order valence-corrected chi connectivity index (χ2v) is 5.63. The van der Waals surface area contributed by atoms with E-state index in [0.717, 1.165) is 5.56 Å². The van der Waals surface area contributed by atoms with Gasteiger partial charge in [0.2, 0.25) is 0 Å². The molecule has 19 heavy (non-hydrogen) atoms. The van der Waals surface area contributed by atoms with E-state index in [0.29, 0.717) is 11.2 Å². The summed E-state index contributed by atoms with van der Waals surface area (Å²) in [6.07, 6.45) is 6.31. The Kier molecular flexibility index (Phi) is 5.14. The minimum atomic E-state index is -0.209. The molecular weight excluding hydrogens is 259 g/mol. The number of hydrogen-bond donors (Lipinski definition) is 2. The Balaban J connectivity index is 1.82. The van der Waals surface area contributed by atoms with E-state index >= 15 is 0 Å². The second kappa shape index (κ2) is 6.85. The highest BCUT2D eigenvalue weighted by atomic mass is 32.1. The number of benzene rings is 1. The van der Waals surface area contributed by atoms with Crippen molar-refractivity contribution in [2.45, 2.75) is 51.1 Å². The van der Waals surface area contributed by atoms with E-state index in [2.05, 4.69) is 10.6 Å². The molecule has 1 aliphatic rings. The Morgan fingerprint density at radius 3 is 2.47 bits per heavy atom. The SMILES string of the molecule is CC(NC(=S)NC1CCCCC1)c1ccc(F)cc1. The molecule has 1 aromatic rings. The molecule has 0 heterocycles. The Hall–Kier alpha value is -1.16. The number of hydrogen-bond acceptors (Lipinski definition) is 1. The normalized spacial score (nSPS) is 17.8. The first kappa shape index (κ1) is 14.3. The number of thiocarbonyl (C=S) groups is 1. The first-order chi connectivity index (χ1) is 9.15. The third-order valence-corrected chi connectivity index (χ3v) is 3.89. The smallest absolute Gasteiger partial charge is 0.166 e. The van der Waals surface area contributed by atoms with Crippen molar-refractivity contribution >= 4 is 17.3 Å². The first-order valence-electron chi connectivity index (χ1n) is 6.97. The van der Waals surface area contributed by atoms with Crippen molar-refractivity contribution in [1.29, 1.82) is 0 Å². The maximum atomic E-state index is 12.9. The summed E-state index contributed by atoms with van der Waals surface area (Å²) in [5.41, 5.74) is 1.04. The van der Waals surface area contributed by atoms with Crippen LogP contribution < -0.4 is 10.6 Å². The number of halogens is 1. The largest absolute Gasteiger partial charge is 0.360 e. The van der Waals surface area contributed by atoms with Gasteiger partial charge in [0.05, 0.1) is 6.04 Å². The molecule has 2 N–H and O–H groups in total. The molecule has 0 saturated heterocycles. The number of rotatable bonds is 3. The van der Waals surface area contributed by atoms with Gasteiger partial charge in [0.15, 0.2) is 5.11 Å². The predicted molar refractivity (Wildman–Crippen MR) is 80.6 cm³/mol. The van der Waals surface area contributed by atoms with E-state index in [1.54, 1.807) is 12.1 Å². The Labute approximate surface area is 119 Å². The molecule has 2 nitrogen and oxygen atoms in total. The molecular formula is C15H21FN2S. The van der Waals surface area contributed by atoms with Gasteiger partial charge in [-0.25, -0.2) is 4.39 Å². The van der Waals surface area contributed by atoms with E-state index in [-0.39, 0.29) is 11.9 Å². The highest BCUT2D eigenvalue weighted by Gasteiger charge is 2.15. The number of nitrogens with one attached hydrogen (secondary N) is 2. The maximum Gasteiger partial charge on any atom is 0.166 e. The van der Waals surface area contributed by atoms with Gasteiger partial charge >= 0.3 is 0 Å². The summed E-state index contributed by atoms with van der Waals surface area (Å²) in [7, 11) is 0. The quantitative estimate of drug-likeness (QED) is 0.826. The average Bonchev–Trinajstić information content (AvgIpc) is 2.40. The van der Waals surface area contributed by atoms with Crippen molar-refractivity contribution < 1.29 is 4.39 Å². The third kappa shape index (κ3) is 4.46.